The van der Waals surface area contributed by atoms with E-state index in [1.165, 1.54) is 0 Å². The molecule has 4 rings (SSSR count). The van der Waals surface area contributed by atoms with E-state index in [1.54, 1.807) is 11.8 Å². The van der Waals surface area contributed by atoms with Crippen LogP contribution in [0.3, 0.4) is 0 Å². The van der Waals surface area contributed by atoms with Crippen LogP contribution < -0.4 is 10.1 Å². The molecular weight excluding hydrogens is 356 g/mol. The number of fused-ring (bicyclic) bond motifs is 3. The third kappa shape index (κ3) is 3.80. The summed E-state index contributed by atoms with van der Waals surface area (Å²) in [6.45, 7) is 4.11. The summed E-state index contributed by atoms with van der Waals surface area (Å²) in [5, 5.41) is 12.7. The van der Waals surface area contributed by atoms with Gasteiger partial charge in [-0.05, 0) is 29.9 Å². The molecule has 0 fully saturated rings. The maximum absolute atomic E-state index is 6.25. The number of anilines is 1. The minimum Gasteiger partial charge on any atom is -0.448 e. The summed E-state index contributed by atoms with van der Waals surface area (Å²) in [4.78, 5) is 4.60. The fourth-order valence-corrected chi connectivity index (χ4v) is 3.44. The second-order valence-electron chi connectivity index (χ2n) is 6.17. The zero-order valence-corrected chi connectivity index (χ0v) is 16.0. The Morgan fingerprint density at radius 1 is 1.11 bits per heavy atom. The summed E-state index contributed by atoms with van der Waals surface area (Å²) in [5.41, 5.74) is 4.73. The van der Waals surface area contributed by atoms with Gasteiger partial charge in [0.15, 0.2) is 11.9 Å². The topological polar surface area (TPSA) is 59.9 Å². The van der Waals surface area contributed by atoms with E-state index < -0.39 is 0 Å². The zero-order valence-electron chi connectivity index (χ0n) is 15.2. The highest BCUT2D eigenvalue weighted by Crippen LogP contribution is 2.37. The van der Waals surface area contributed by atoms with Gasteiger partial charge in [0.1, 0.15) is 0 Å². The fourth-order valence-electron chi connectivity index (χ4n) is 2.93. The van der Waals surface area contributed by atoms with Crippen LogP contribution in [0.5, 0.6) is 5.88 Å². The highest BCUT2D eigenvalue weighted by Gasteiger charge is 2.25. The molecule has 1 aliphatic rings. The molecule has 136 valence electrons. The number of hydrogen-bond acceptors (Lipinski definition) is 6. The monoisotopic (exact) mass is 376 g/mol. The van der Waals surface area contributed by atoms with Crippen molar-refractivity contribution in [2.45, 2.75) is 25.2 Å². The highest BCUT2D eigenvalue weighted by atomic mass is 32.2. The van der Waals surface area contributed by atoms with E-state index >= 15 is 0 Å². The number of hydrogen-bond donors (Lipinski definition) is 1. The summed E-state index contributed by atoms with van der Waals surface area (Å²) in [7, 11) is 0. The summed E-state index contributed by atoms with van der Waals surface area (Å²) < 4.78 is 6.25. The van der Waals surface area contributed by atoms with Crippen molar-refractivity contribution in [1.82, 2.24) is 15.2 Å². The molecule has 3 aromatic rings. The average Bonchev–Trinajstić information content (AvgIpc) is 2.85. The van der Waals surface area contributed by atoms with Crippen molar-refractivity contribution in [3.05, 3.63) is 65.7 Å². The zero-order chi connectivity index (χ0) is 18.6. The first kappa shape index (κ1) is 17.5. The van der Waals surface area contributed by atoms with E-state index in [0.29, 0.717) is 16.7 Å². The van der Waals surface area contributed by atoms with Crippen molar-refractivity contribution >= 4 is 23.5 Å². The number of ether oxygens (including phenoxy) is 1. The number of rotatable bonds is 4. The lowest BCUT2D eigenvalue weighted by Gasteiger charge is -2.20. The molecule has 1 aromatic heterocycles. The van der Waals surface area contributed by atoms with Crippen LogP contribution in [0.4, 0.5) is 5.69 Å². The first-order valence-electron chi connectivity index (χ1n) is 8.88. The molecule has 1 N–H and O–H groups in total. The van der Waals surface area contributed by atoms with Crippen molar-refractivity contribution < 1.29 is 4.74 Å². The van der Waals surface area contributed by atoms with E-state index in [9.17, 15) is 0 Å². The summed E-state index contributed by atoms with van der Waals surface area (Å²) in [5.74, 6) is 1.38. The SMILES string of the molecule is CCSc1nnc2c(n1)OC(C(C)=Cc1ccccc1)Nc1ccccc1-2. The quantitative estimate of drug-likeness (QED) is 0.655. The Morgan fingerprint density at radius 3 is 2.70 bits per heavy atom. The van der Waals surface area contributed by atoms with E-state index in [1.807, 2.05) is 42.5 Å². The molecule has 0 aliphatic carbocycles. The number of aromatic nitrogens is 3. The molecule has 0 saturated heterocycles. The summed E-state index contributed by atoms with van der Waals surface area (Å²) >= 11 is 1.55. The molecule has 1 unspecified atom stereocenters. The average molecular weight is 376 g/mol. The Labute approximate surface area is 162 Å². The summed E-state index contributed by atoms with van der Waals surface area (Å²) in [6, 6.07) is 18.2. The molecule has 6 heteroatoms. The second kappa shape index (κ2) is 7.80. The lowest BCUT2D eigenvalue weighted by atomic mass is 10.1. The standard InChI is InChI=1S/C21H20N4OS/c1-3-27-21-23-20-18(24-25-21)16-11-7-8-12-17(16)22-19(26-20)14(2)13-15-9-5-4-6-10-15/h4-13,19,22H,3H2,1-2H3. The molecule has 0 amide bonds. The van der Waals surface area contributed by atoms with Gasteiger partial charge in [-0.25, -0.2) is 0 Å². The Hall–Kier alpha value is -2.86. The first-order valence-corrected chi connectivity index (χ1v) is 9.86. The van der Waals surface area contributed by atoms with E-state index in [2.05, 4.69) is 52.6 Å². The predicted molar refractivity (Wildman–Crippen MR) is 110 cm³/mol. The molecular formula is C21H20N4OS. The number of nitrogens with one attached hydrogen (secondary N) is 1. The minimum absolute atomic E-state index is 0.344. The largest absolute Gasteiger partial charge is 0.448 e. The van der Waals surface area contributed by atoms with Gasteiger partial charge in [-0.1, -0.05) is 73.3 Å². The normalized spacial score (nSPS) is 15.8. The second-order valence-corrected chi connectivity index (χ2v) is 7.40. The molecule has 2 heterocycles. The molecule has 0 bridgehead atoms. The van der Waals surface area contributed by atoms with Gasteiger partial charge in [-0.2, -0.15) is 4.98 Å². The van der Waals surface area contributed by atoms with Gasteiger partial charge in [-0.15, -0.1) is 10.2 Å². The first-order chi connectivity index (χ1) is 13.2. The van der Waals surface area contributed by atoms with Crippen LogP contribution in [-0.4, -0.2) is 27.2 Å². The Balaban J connectivity index is 1.76. The Morgan fingerprint density at radius 2 is 1.89 bits per heavy atom. The lowest BCUT2D eigenvalue weighted by molar-refractivity contribution is 0.255. The van der Waals surface area contributed by atoms with Crippen LogP contribution in [0.2, 0.25) is 0 Å². The Bertz CT molecular complexity index is 975. The van der Waals surface area contributed by atoms with Crippen LogP contribution in [-0.2, 0) is 0 Å². The third-order valence-electron chi connectivity index (χ3n) is 4.21. The molecule has 2 aromatic carbocycles. The van der Waals surface area contributed by atoms with E-state index in [0.717, 1.165) is 28.1 Å². The third-order valence-corrected chi connectivity index (χ3v) is 4.93. The molecule has 5 nitrogen and oxygen atoms in total. The molecule has 1 aliphatic heterocycles. The molecule has 0 radical (unpaired) electrons. The predicted octanol–water partition coefficient (Wildman–Crippen LogP) is 4.88. The van der Waals surface area contributed by atoms with Crippen molar-refractivity contribution in [1.29, 1.82) is 0 Å². The lowest BCUT2D eigenvalue weighted by Crippen LogP contribution is -2.27. The van der Waals surface area contributed by atoms with Crippen LogP contribution in [0.25, 0.3) is 17.3 Å². The van der Waals surface area contributed by atoms with Gasteiger partial charge >= 0.3 is 0 Å². The van der Waals surface area contributed by atoms with Gasteiger partial charge in [0, 0.05) is 11.3 Å². The Kier molecular flexibility index (Phi) is 5.07. The van der Waals surface area contributed by atoms with Gasteiger partial charge in [0.05, 0.1) is 0 Å². The maximum Gasteiger partial charge on any atom is 0.247 e. The van der Waals surface area contributed by atoms with Gasteiger partial charge < -0.3 is 10.1 Å². The van der Waals surface area contributed by atoms with Crippen molar-refractivity contribution in [3.8, 4) is 17.1 Å². The van der Waals surface area contributed by atoms with Crippen molar-refractivity contribution in [2.24, 2.45) is 0 Å². The van der Waals surface area contributed by atoms with Gasteiger partial charge in [-0.3, -0.25) is 0 Å². The molecule has 0 saturated carbocycles. The van der Waals surface area contributed by atoms with Gasteiger partial charge in [0.25, 0.3) is 0 Å². The molecule has 27 heavy (non-hydrogen) atoms. The van der Waals surface area contributed by atoms with Crippen molar-refractivity contribution in [3.63, 3.8) is 0 Å². The van der Waals surface area contributed by atoms with Crippen LogP contribution in [0.15, 0.2) is 65.3 Å². The number of benzene rings is 2. The summed E-state index contributed by atoms with van der Waals surface area (Å²) in [6.07, 6.45) is 1.77. The number of para-hydroxylation sites is 1. The van der Waals surface area contributed by atoms with Crippen molar-refractivity contribution in [2.75, 3.05) is 11.1 Å². The van der Waals surface area contributed by atoms with Crippen LogP contribution >= 0.6 is 11.8 Å². The highest BCUT2D eigenvalue weighted by molar-refractivity contribution is 7.99. The smallest absolute Gasteiger partial charge is 0.247 e. The number of thioether (sulfide) groups is 1. The molecule has 1 atom stereocenters. The van der Waals surface area contributed by atoms with E-state index in [4.69, 9.17) is 4.74 Å². The fraction of sp³-hybridized carbons (Fsp3) is 0.190. The van der Waals surface area contributed by atoms with Crippen LogP contribution in [0.1, 0.15) is 19.4 Å². The van der Waals surface area contributed by atoms with Crippen LogP contribution in [0, 0.1) is 0 Å². The van der Waals surface area contributed by atoms with E-state index in [-0.39, 0.29) is 6.23 Å². The number of nitrogens with zero attached hydrogens (tertiary/aromatic N) is 3. The minimum atomic E-state index is -0.344. The molecule has 0 spiro atoms. The maximum atomic E-state index is 6.25. The van der Waals surface area contributed by atoms with Gasteiger partial charge in [0.2, 0.25) is 11.0 Å².